The van der Waals surface area contributed by atoms with Crippen LogP contribution < -0.4 is 5.32 Å². The summed E-state index contributed by atoms with van der Waals surface area (Å²) in [5.41, 5.74) is 5.68. The summed E-state index contributed by atoms with van der Waals surface area (Å²) >= 11 is 0. The van der Waals surface area contributed by atoms with Crippen LogP contribution in [-0.4, -0.2) is 6.54 Å². The van der Waals surface area contributed by atoms with Crippen LogP contribution in [0.2, 0.25) is 0 Å². The molecule has 1 N–H and O–H groups in total. The van der Waals surface area contributed by atoms with E-state index in [1.54, 1.807) is 5.57 Å². The molecule has 0 aromatic heterocycles. The number of hydrogen-bond acceptors (Lipinski definition) is 1. The van der Waals surface area contributed by atoms with Crippen molar-refractivity contribution in [1.82, 2.24) is 5.32 Å². The van der Waals surface area contributed by atoms with Gasteiger partial charge in [0.05, 0.1) is 0 Å². The van der Waals surface area contributed by atoms with Crippen molar-refractivity contribution in [3.8, 4) is 0 Å². The highest BCUT2D eigenvalue weighted by molar-refractivity contribution is 5.47. The van der Waals surface area contributed by atoms with Gasteiger partial charge in [0.2, 0.25) is 0 Å². The van der Waals surface area contributed by atoms with E-state index in [4.69, 9.17) is 0 Å². The molecule has 0 aromatic rings. The lowest BCUT2D eigenvalue weighted by atomic mass is 9.91. The van der Waals surface area contributed by atoms with E-state index in [2.05, 4.69) is 31.0 Å². The van der Waals surface area contributed by atoms with Gasteiger partial charge in [-0.25, -0.2) is 0 Å². The maximum atomic E-state index is 3.85. The summed E-state index contributed by atoms with van der Waals surface area (Å²) in [5.74, 6) is 0. The molecule has 74 valence electrons. The number of allylic oxidation sites excluding steroid dienone is 5. The molecular formula is C13H17N. The summed E-state index contributed by atoms with van der Waals surface area (Å²) in [7, 11) is 0. The molecule has 0 fully saturated rings. The zero-order chi connectivity index (χ0) is 9.97. The van der Waals surface area contributed by atoms with Gasteiger partial charge in [-0.15, -0.1) is 0 Å². The molecule has 1 aliphatic heterocycles. The van der Waals surface area contributed by atoms with Crippen molar-refractivity contribution in [1.29, 1.82) is 0 Å². The summed E-state index contributed by atoms with van der Waals surface area (Å²) in [6.07, 6.45) is 10.0. The molecule has 0 atom stereocenters. The van der Waals surface area contributed by atoms with Crippen molar-refractivity contribution in [2.24, 2.45) is 0 Å². The monoisotopic (exact) mass is 187 g/mol. The molecule has 1 nitrogen and oxygen atoms in total. The Morgan fingerprint density at radius 2 is 2.29 bits per heavy atom. The van der Waals surface area contributed by atoms with Gasteiger partial charge in [-0.2, -0.15) is 0 Å². The number of hydrogen-bond donors (Lipinski definition) is 1. The van der Waals surface area contributed by atoms with Gasteiger partial charge in [-0.1, -0.05) is 18.7 Å². The standard InChI is InChI=1S/C13H17N/c1-3-10(4-2)12-6-5-11-7-8-14-13(11)9-12/h3-4,9,14H,1,5-8H2,2H3/b10-4+. The molecule has 0 unspecified atom stereocenters. The first-order valence-electron chi connectivity index (χ1n) is 5.30. The van der Waals surface area contributed by atoms with E-state index < -0.39 is 0 Å². The normalized spacial score (nSPS) is 21.5. The molecule has 0 saturated carbocycles. The van der Waals surface area contributed by atoms with E-state index in [0.717, 1.165) is 6.54 Å². The summed E-state index contributed by atoms with van der Waals surface area (Å²) in [6.45, 7) is 7.04. The summed E-state index contributed by atoms with van der Waals surface area (Å²) < 4.78 is 0. The van der Waals surface area contributed by atoms with Crippen LogP contribution in [0.1, 0.15) is 26.2 Å². The molecule has 2 rings (SSSR count). The molecule has 0 spiro atoms. The molecule has 1 heterocycles. The van der Waals surface area contributed by atoms with Gasteiger partial charge in [0.15, 0.2) is 0 Å². The lowest BCUT2D eigenvalue weighted by molar-refractivity contribution is 0.863. The molecule has 2 aliphatic rings. The SMILES string of the molecule is C=C/C(=C\C)C1=CC2=C(CCN2)CC1. The minimum atomic E-state index is 1.12. The maximum absolute atomic E-state index is 3.85. The highest BCUT2D eigenvalue weighted by Crippen LogP contribution is 2.31. The van der Waals surface area contributed by atoms with E-state index in [1.165, 1.54) is 36.1 Å². The third-order valence-corrected chi connectivity index (χ3v) is 3.04. The van der Waals surface area contributed by atoms with Crippen molar-refractivity contribution >= 4 is 0 Å². The minimum Gasteiger partial charge on any atom is -0.385 e. The van der Waals surface area contributed by atoms with Gasteiger partial charge in [0, 0.05) is 12.2 Å². The van der Waals surface area contributed by atoms with E-state index in [9.17, 15) is 0 Å². The molecule has 1 aliphatic carbocycles. The third kappa shape index (κ3) is 1.54. The van der Waals surface area contributed by atoms with Crippen LogP contribution in [0.5, 0.6) is 0 Å². The van der Waals surface area contributed by atoms with Gasteiger partial charge in [0.1, 0.15) is 0 Å². The lowest BCUT2D eigenvalue weighted by Gasteiger charge is -2.15. The fraction of sp³-hybridized carbons (Fsp3) is 0.385. The zero-order valence-corrected chi connectivity index (χ0v) is 8.77. The number of rotatable bonds is 2. The Bertz CT molecular complexity index is 342. The Labute approximate surface area is 85.9 Å². The Hall–Kier alpha value is -1.24. The Morgan fingerprint density at radius 3 is 3.00 bits per heavy atom. The Morgan fingerprint density at radius 1 is 1.43 bits per heavy atom. The van der Waals surface area contributed by atoms with Crippen molar-refractivity contribution in [2.45, 2.75) is 26.2 Å². The highest BCUT2D eigenvalue weighted by Gasteiger charge is 2.17. The van der Waals surface area contributed by atoms with Gasteiger partial charge >= 0.3 is 0 Å². The average molecular weight is 187 g/mol. The fourth-order valence-electron chi connectivity index (χ4n) is 2.21. The molecule has 0 saturated heterocycles. The van der Waals surface area contributed by atoms with E-state index in [1.807, 2.05) is 6.08 Å². The van der Waals surface area contributed by atoms with Crippen LogP contribution in [0, 0.1) is 0 Å². The van der Waals surface area contributed by atoms with Crippen molar-refractivity contribution < 1.29 is 0 Å². The van der Waals surface area contributed by atoms with E-state index in [-0.39, 0.29) is 0 Å². The molecule has 14 heavy (non-hydrogen) atoms. The van der Waals surface area contributed by atoms with Crippen LogP contribution in [0.4, 0.5) is 0 Å². The van der Waals surface area contributed by atoms with Gasteiger partial charge < -0.3 is 5.32 Å². The quantitative estimate of drug-likeness (QED) is 0.655. The molecule has 0 radical (unpaired) electrons. The predicted octanol–water partition coefficient (Wildman–Crippen LogP) is 3.09. The predicted molar refractivity (Wildman–Crippen MR) is 60.9 cm³/mol. The third-order valence-electron chi connectivity index (χ3n) is 3.04. The highest BCUT2D eigenvalue weighted by atomic mass is 14.9. The maximum Gasteiger partial charge on any atom is 0.0335 e. The van der Waals surface area contributed by atoms with Crippen molar-refractivity contribution in [3.05, 3.63) is 47.2 Å². The zero-order valence-electron chi connectivity index (χ0n) is 8.77. The van der Waals surface area contributed by atoms with Crippen LogP contribution in [-0.2, 0) is 0 Å². The Kier molecular flexibility index (Phi) is 2.58. The second kappa shape index (κ2) is 3.87. The van der Waals surface area contributed by atoms with E-state index >= 15 is 0 Å². The minimum absolute atomic E-state index is 1.12. The molecule has 0 bridgehead atoms. The van der Waals surface area contributed by atoms with Crippen LogP contribution in [0.3, 0.4) is 0 Å². The second-order valence-corrected chi connectivity index (χ2v) is 3.81. The molecule has 0 aromatic carbocycles. The summed E-state index contributed by atoms with van der Waals surface area (Å²) in [5, 5.41) is 3.43. The lowest BCUT2D eigenvalue weighted by Crippen LogP contribution is -2.07. The van der Waals surface area contributed by atoms with Crippen LogP contribution in [0.15, 0.2) is 47.2 Å². The smallest absolute Gasteiger partial charge is 0.0335 e. The van der Waals surface area contributed by atoms with Crippen LogP contribution in [0.25, 0.3) is 0 Å². The average Bonchev–Trinajstić information content (AvgIpc) is 2.66. The first kappa shape index (κ1) is 9.32. The van der Waals surface area contributed by atoms with Gasteiger partial charge in [-0.05, 0) is 49.0 Å². The topological polar surface area (TPSA) is 12.0 Å². The van der Waals surface area contributed by atoms with Crippen molar-refractivity contribution in [3.63, 3.8) is 0 Å². The first-order chi connectivity index (χ1) is 6.85. The molecule has 1 heteroatoms. The van der Waals surface area contributed by atoms with Crippen LogP contribution >= 0.6 is 0 Å². The summed E-state index contributed by atoms with van der Waals surface area (Å²) in [6, 6.07) is 0. The first-order valence-corrected chi connectivity index (χ1v) is 5.30. The molecular weight excluding hydrogens is 170 g/mol. The molecule has 0 amide bonds. The number of nitrogens with one attached hydrogen (secondary N) is 1. The van der Waals surface area contributed by atoms with Gasteiger partial charge in [-0.3, -0.25) is 0 Å². The summed E-state index contributed by atoms with van der Waals surface area (Å²) in [4.78, 5) is 0. The fourth-order valence-corrected chi connectivity index (χ4v) is 2.21. The Balaban J connectivity index is 2.27. The van der Waals surface area contributed by atoms with Crippen molar-refractivity contribution in [2.75, 3.05) is 6.54 Å². The van der Waals surface area contributed by atoms with Gasteiger partial charge in [0.25, 0.3) is 0 Å². The second-order valence-electron chi connectivity index (χ2n) is 3.81. The van der Waals surface area contributed by atoms with E-state index in [0.29, 0.717) is 0 Å². The largest absolute Gasteiger partial charge is 0.385 e.